The topological polar surface area (TPSA) is 76.0 Å². The maximum atomic E-state index is 10.6. The molecule has 0 saturated carbocycles. The van der Waals surface area contributed by atoms with Gasteiger partial charge in [0.25, 0.3) is 0 Å². The predicted octanol–water partition coefficient (Wildman–Crippen LogP) is 6.32. The molecule has 5 nitrogen and oxygen atoms in total. The summed E-state index contributed by atoms with van der Waals surface area (Å²) in [7, 11) is 0. The maximum absolute atomic E-state index is 10.6. The van der Waals surface area contributed by atoms with Crippen LogP contribution in [0.5, 0.6) is 11.5 Å². The fraction of sp³-hybridized carbons (Fsp3) is 0.682. The first-order chi connectivity index (χ1) is 13.1. The number of aromatic hydroxyl groups is 1. The average molecular weight is 381 g/mol. The molecule has 0 unspecified atom stereocenters. The first-order valence-corrected chi connectivity index (χ1v) is 10.4. The van der Waals surface area contributed by atoms with Gasteiger partial charge in [0, 0.05) is 13.2 Å². The van der Waals surface area contributed by atoms with Crippen LogP contribution < -0.4 is 4.74 Å². The van der Waals surface area contributed by atoms with Crippen molar-refractivity contribution in [3.05, 3.63) is 23.8 Å². The SMILES string of the molecule is CCCCCCCOCCCCCCCCc1cccc(OC(=O)O)c1O. The molecule has 0 radical (unpaired) electrons. The molecule has 5 heteroatoms. The van der Waals surface area contributed by atoms with Crippen molar-refractivity contribution in [3.8, 4) is 11.5 Å². The molecule has 27 heavy (non-hydrogen) atoms. The Morgan fingerprint density at radius 3 is 2.11 bits per heavy atom. The molecule has 0 fully saturated rings. The van der Waals surface area contributed by atoms with Crippen LogP contribution in [0.25, 0.3) is 0 Å². The third kappa shape index (κ3) is 11.5. The van der Waals surface area contributed by atoms with Crippen molar-refractivity contribution in [2.75, 3.05) is 13.2 Å². The van der Waals surface area contributed by atoms with E-state index in [1.54, 1.807) is 6.07 Å². The van der Waals surface area contributed by atoms with E-state index in [-0.39, 0.29) is 11.5 Å². The lowest BCUT2D eigenvalue weighted by molar-refractivity contribution is 0.125. The van der Waals surface area contributed by atoms with Crippen LogP contribution in [0.2, 0.25) is 0 Å². The molecule has 0 heterocycles. The van der Waals surface area contributed by atoms with E-state index in [4.69, 9.17) is 9.84 Å². The van der Waals surface area contributed by atoms with Crippen molar-refractivity contribution in [2.45, 2.75) is 84.0 Å². The highest BCUT2D eigenvalue weighted by Crippen LogP contribution is 2.31. The van der Waals surface area contributed by atoms with Gasteiger partial charge in [0.1, 0.15) is 0 Å². The lowest BCUT2D eigenvalue weighted by atomic mass is 10.0. The molecule has 0 saturated heterocycles. The average Bonchev–Trinajstić information content (AvgIpc) is 2.64. The minimum Gasteiger partial charge on any atom is -0.504 e. The molecular formula is C22H36O5. The van der Waals surface area contributed by atoms with Crippen molar-refractivity contribution in [1.29, 1.82) is 0 Å². The molecule has 0 bridgehead atoms. The van der Waals surface area contributed by atoms with E-state index in [1.165, 1.54) is 57.4 Å². The number of unbranched alkanes of at least 4 members (excludes halogenated alkanes) is 9. The van der Waals surface area contributed by atoms with Crippen molar-refractivity contribution in [3.63, 3.8) is 0 Å². The van der Waals surface area contributed by atoms with E-state index in [1.807, 2.05) is 6.07 Å². The molecule has 1 aromatic carbocycles. The smallest absolute Gasteiger partial charge is 0.504 e. The van der Waals surface area contributed by atoms with E-state index in [2.05, 4.69) is 11.7 Å². The van der Waals surface area contributed by atoms with Crippen LogP contribution in [-0.4, -0.2) is 29.6 Å². The van der Waals surface area contributed by atoms with Crippen molar-refractivity contribution >= 4 is 6.16 Å². The van der Waals surface area contributed by atoms with Gasteiger partial charge < -0.3 is 19.7 Å². The second kappa shape index (κ2) is 15.3. The third-order valence-corrected chi connectivity index (χ3v) is 4.66. The Balaban J connectivity index is 1.98. The number of ether oxygens (including phenoxy) is 2. The van der Waals surface area contributed by atoms with Crippen LogP contribution in [0.4, 0.5) is 4.79 Å². The molecule has 0 atom stereocenters. The number of carboxylic acid groups (broad SMARTS) is 1. The summed E-state index contributed by atoms with van der Waals surface area (Å²) in [4.78, 5) is 10.6. The Hall–Kier alpha value is -1.75. The number of carbonyl (C=O) groups is 1. The number of para-hydroxylation sites is 1. The fourth-order valence-electron chi connectivity index (χ4n) is 3.08. The van der Waals surface area contributed by atoms with Gasteiger partial charge in [-0.2, -0.15) is 0 Å². The van der Waals surface area contributed by atoms with E-state index in [0.717, 1.165) is 44.5 Å². The minimum atomic E-state index is -1.41. The number of aryl methyl sites for hydroxylation is 1. The highest BCUT2D eigenvalue weighted by atomic mass is 16.7. The highest BCUT2D eigenvalue weighted by molar-refractivity contribution is 5.63. The van der Waals surface area contributed by atoms with Crippen LogP contribution in [0, 0.1) is 0 Å². The quantitative estimate of drug-likeness (QED) is 0.199. The Kier molecular flexibility index (Phi) is 13.2. The van der Waals surface area contributed by atoms with Gasteiger partial charge in [0.15, 0.2) is 11.5 Å². The molecule has 2 N–H and O–H groups in total. The molecule has 0 aliphatic carbocycles. The molecule has 0 aliphatic heterocycles. The Morgan fingerprint density at radius 1 is 0.889 bits per heavy atom. The van der Waals surface area contributed by atoms with Crippen LogP contribution in [0.15, 0.2) is 18.2 Å². The van der Waals surface area contributed by atoms with E-state index >= 15 is 0 Å². The Bertz CT molecular complexity index is 515. The summed E-state index contributed by atoms with van der Waals surface area (Å²) in [6, 6.07) is 4.97. The van der Waals surface area contributed by atoms with Gasteiger partial charge in [-0.05, 0) is 37.3 Å². The number of phenolic OH excluding ortho intramolecular Hbond substituents is 1. The largest absolute Gasteiger partial charge is 0.511 e. The second-order valence-electron chi connectivity index (χ2n) is 7.03. The van der Waals surface area contributed by atoms with Gasteiger partial charge in [-0.3, -0.25) is 0 Å². The van der Waals surface area contributed by atoms with Gasteiger partial charge in [-0.15, -0.1) is 0 Å². The van der Waals surface area contributed by atoms with Crippen LogP contribution in [0.1, 0.15) is 83.1 Å². The maximum Gasteiger partial charge on any atom is 0.511 e. The predicted molar refractivity (Wildman–Crippen MR) is 108 cm³/mol. The van der Waals surface area contributed by atoms with Gasteiger partial charge >= 0.3 is 6.16 Å². The first kappa shape index (κ1) is 23.3. The number of phenols is 1. The summed E-state index contributed by atoms with van der Waals surface area (Å²) in [5.41, 5.74) is 0.737. The van der Waals surface area contributed by atoms with Crippen molar-refractivity contribution in [2.24, 2.45) is 0 Å². The zero-order valence-corrected chi connectivity index (χ0v) is 16.8. The number of hydrogen-bond acceptors (Lipinski definition) is 4. The van der Waals surface area contributed by atoms with Crippen LogP contribution in [0.3, 0.4) is 0 Å². The molecule has 1 aromatic rings. The van der Waals surface area contributed by atoms with Crippen LogP contribution in [-0.2, 0) is 11.2 Å². The van der Waals surface area contributed by atoms with Gasteiger partial charge in [0.05, 0.1) is 0 Å². The van der Waals surface area contributed by atoms with Crippen LogP contribution >= 0.6 is 0 Å². The Labute approximate surface area is 163 Å². The summed E-state index contributed by atoms with van der Waals surface area (Å²) >= 11 is 0. The Morgan fingerprint density at radius 2 is 1.48 bits per heavy atom. The highest BCUT2D eigenvalue weighted by Gasteiger charge is 2.10. The zero-order valence-electron chi connectivity index (χ0n) is 16.8. The second-order valence-corrected chi connectivity index (χ2v) is 7.03. The summed E-state index contributed by atoms with van der Waals surface area (Å²) in [5, 5.41) is 18.7. The summed E-state index contributed by atoms with van der Waals surface area (Å²) in [5.74, 6) is -0.0582. The van der Waals surface area contributed by atoms with Gasteiger partial charge in [-0.25, -0.2) is 4.79 Å². The molecule has 0 aliphatic rings. The number of rotatable bonds is 16. The summed E-state index contributed by atoms with van der Waals surface area (Å²) in [6.45, 7) is 4.01. The molecule has 0 spiro atoms. The zero-order chi connectivity index (χ0) is 19.7. The monoisotopic (exact) mass is 380 g/mol. The molecule has 154 valence electrons. The summed E-state index contributed by atoms with van der Waals surface area (Å²) in [6.07, 6.45) is 12.5. The number of benzene rings is 1. The van der Waals surface area contributed by atoms with Gasteiger partial charge in [0.2, 0.25) is 0 Å². The fourth-order valence-corrected chi connectivity index (χ4v) is 3.08. The molecular weight excluding hydrogens is 344 g/mol. The molecule has 1 rings (SSSR count). The van der Waals surface area contributed by atoms with E-state index < -0.39 is 6.16 Å². The number of hydrogen-bond donors (Lipinski definition) is 2. The first-order valence-electron chi connectivity index (χ1n) is 10.4. The van der Waals surface area contributed by atoms with Crippen molar-refractivity contribution in [1.82, 2.24) is 0 Å². The van der Waals surface area contributed by atoms with Crippen molar-refractivity contribution < 1.29 is 24.5 Å². The van der Waals surface area contributed by atoms with E-state index in [0.29, 0.717) is 0 Å². The normalized spacial score (nSPS) is 10.9. The third-order valence-electron chi connectivity index (χ3n) is 4.66. The molecule has 0 amide bonds. The lowest BCUT2D eigenvalue weighted by Crippen LogP contribution is -2.03. The van der Waals surface area contributed by atoms with E-state index in [9.17, 15) is 9.90 Å². The molecule has 0 aromatic heterocycles. The standard InChI is InChI=1S/C22H36O5/c1-2-3-4-8-11-17-26-18-12-9-6-5-7-10-14-19-15-13-16-20(21(19)23)27-22(24)25/h13,15-16,23H,2-12,14,17-18H2,1H3,(H,24,25). The van der Waals surface area contributed by atoms with Gasteiger partial charge in [-0.1, -0.05) is 70.4 Å². The minimum absolute atomic E-state index is 0.00497. The summed E-state index contributed by atoms with van der Waals surface area (Å²) < 4.78 is 10.2. The lowest BCUT2D eigenvalue weighted by Gasteiger charge is -2.08.